The first-order valence-corrected chi connectivity index (χ1v) is 7.40. The molecule has 0 spiro atoms. The van der Waals surface area contributed by atoms with Crippen molar-refractivity contribution >= 4 is 34.7 Å². The highest BCUT2D eigenvalue weighted by atomic mass is 35.5. The molecular weight excluding hydrogens is 322 g/mol. The highest BCUT2D eigenvalue weighted by Gasteiger charge is 2.25. The Hall–Kier alpha value is -2.61. The summed E-state index contributed by atoms with van der Waals surface area (Å²) >= 11 is 5.78. The molecule has 2 aromatic rings. The van der Waals surface area contributed by atoms with Gasteiger partial charge in [-0.1, -0.05) is 16.7 Å². The van der Waals surface area contributed by atoms with Gasteiger partial charge >= 0.3 is 5.82 Å². The van der Waals surface area contributed by atoms with Crippen molar-refractivity contribution in [2.45, 2.75) is 13.8 Å². The first kappa shape index (κ1) is 16.8. The van der Waals surface area contributed by atoms with E-state index in [2.05, 4.69) is 34.3 Å². The second-order valence-electron chi connectivity index (χ2n) is 4.67. The molecule has 0 radical (unpaired) electrons. The van der Waals surface area contributed by atoms with Crippen molar-refractivity contribution in [3.8, 4) is 0 Å². The third-order valence-electron chi connectivity index (χ3n) is 3.34. The Morgan fingerprint density at radius 1 is 1.35 bits per heavy atom. The lowest BCUT2D eigenvalue weighted by atomic mass is 10.2. The van der Waals surface area contributed by atoms with Crippen LogP contribution in [0.2, 0.25) is 5.02 Å². The number of anilines is 2. The average Bonchev–Trinajstić information content (AvgIpc) is 2.92. The van der Waals surface area contributed by atoms with Gasteiger partial charge in [-0.3, -0.25) is 4.79 Å². The van der Waals surface area contributed by atoms with Crippen LogP contribution in [0.15, 0.2) is 24.3 Å². The largest absolute Gasteiger partial charge is 0.372 e. The van der Waals surface area contributed by atoms with Crippen LogP contribution in [0, 0.1) is 10.1 Å². The van der Waals surface area contributed by atoms with Gasteiger partial charge in [0.05, 0.1) is 0 Å². The van der Waals surface area contributed by atoms with E-state index in [1.807, 2.05) is 12.1 Å². The van der Waals surface area contributed by atoms with E-state index >= 15 is 0 Å². The van der Waals surface area contributed by atoms with Crippen molar-refractivity contribution in [1.82, 2.24) is 10.2 Å². The third-order valence-corrected chi connectivity index (χ3v) is 3.70. The molecule has 0 bridgehead atoms. The first-order valence-electron chi connectivity index (χ1n) is 7.02. The van der Waals surface area contributed by atoms with E-state index < -0.39 is 16.6 Å². The topological polar surface area (TPSA) is 104 Å². The Kier molecular flexibility index (Phi) is 5.17. The summed E-state index contributed by atoms with van der Waals surface area (Å²) in [4.78, 5) is 24.2. The zero-order valence-corrected chi connectivity index (χ0v) is 13.4. The molecule has 23 heavy (non-hydrogen) atoms. The minimum atomic E-state index is -0.731. The summed E-state index contributed by atoms with van der Waals surface area (Å²) in [6.07, 6.45) is 0. The van der Waals surface area contributed by atoms with Crippen molar-refractivity contribution in [2.24, 2.45) is 0 Å². The number of H-pyrrole nitrogens is 1. The van der Waals surface area contributed by atoms with Gasteiger partial charge in [-0.2, -0.15) is 0 Å². The number of rotatable bonds is 6. The quantitative estimate of drug-likeness (QED) is 0.622. The predicted molar refractivity (Wildman–Crippen MR) is 88.2 cm³/mol. The number of carbonyl (C=O) groups is 1. The lowest BCUT2D eigenvalue weighted by Gasteiger charge is -2.21. The Morgan fingerprint density at radius 3 is 2.43 bits per heavy atom. The zero-order chi connectivity index (χ0) is 17.0. The van der Waals surface area contributed by atoms with Gasteiger partial charge in [-0.25, -0.2) is 0 Å². The maximum absolute atomic E-state index is 12.1. The minimum Gasteiger partial charge on any atom is -0.372 e. The number of halogens is 1. The molecular formula is C14H16ClN5O3. The number of hydrogen-bond acceptors (Lipinski definition) is 5. The van der Waals surface area contributed by atoms with E-state index in [1.54, 1.807) is 12.1 Å². The maximum atomic E-state index is 12.1. The third kappa shape index (κ3) is 3.59. The summed E-state index contributed by atoms with van der Waals surface area (Å²) in [6.45, 7) is 5.89. The number of aromatic nitrogens is 2. The van der Waals surface area contributed by atoms with E-state index in [0.29, 0.717) is 5.69 Å². The van der Waals surface area contributed by atoms with Crippen LogP contribution in [0.4, 0.5) is 17.2 Å². The number of nitrogens with zero attached hydrogens (tertiary/aromatic N) is 3. The van der Waals surface area contributed by atoms with Gasteiger partial charge in [0.2, 0.25) is 0 Å². The summed E-state index contributed by atoms with van der Waals surface area (Å²) in [6, 6.07) is 7.27. The standard InChI is InChI=1S/C14H16ClN5O3/c1-3-19(4-2)10-7-5-9(6-8-10)16-14(21)12-11(15)13(18-17-12)20(22)23/h5-8H,3-4H2,1-2H3,(H,16,21)(H,17,18). The summed E-state index contributed by atoms with van der Waals surface area (Å²) in [5.41, 5.74) is 1.38. The lowest BCUT2D eigenvalue weighted by molar-refractivity contribution is -0.389. The first-order chi connectivity index (χ1) is 11.0. The highest BCUT2D eigenvalue weighted by Crippen LogP contribution is 2.25. The van der Waals surface area contributed by atoms with E-state index in [-0.39, 0.29) is 10.7 Å². The molecule has 0 saturated heterocycles. The number of benzene rings is 1. The molecule has 1 heterocycles. The molecule has 0 fully saturated rings. The van der Waals surface area contributed by atoms with Crippen LogP contribution in [0.1, 0.15) is 24.3 Å². The van der Waals surface area contributed by atoms with Crippen molar-refractivity contribution in [3.05, 3.63) is 45.1 Å². The molecule has 0 aliphatic rings. The molecule has 9 heteroatoms. The molecule has 8 nitrogen and oxygen atoms in total. The van der Waals surface area contributed by atoms with E-state index in [0.717, 1.165) is 18.8 Å². The Bertz CT molecular complexity index is 710. The number of hydrogen-bond donors (Lipinski definition) is 2. The van der Waals surface area contributed by atoms with Crippen LogP contribution in [-0.2, 0) is 0 Å². The molecule has 1 amide bonds. The smallest absolute Gasteiger partial charge is 0.362 e. The Balaban J connectivity index is 2.13. The van der Waals surface area contributed by atoms with Crippen LogP contribution >= 0.6 is 11.6 Å². The lowest BCUT2D eigenvalue weighted by Crippen LogP contribution is -2.21. The highest BCUT2D eigenvalue weighted by molar-refractivity contribution is 6.35. The molecule has 0 aliphatic carbocycles. The van der Waals surface area contributed by atoms with Gasteiger partial charge < -0.3 is 20.3 Å². The number of amides is 1. The van der Waals surface area contributed by atoms with Gasteiger partial charge in [0.1, 0.15) is 0 Å². The van der Waals surface area contributed by atoms with Crippen molar-refractivity contribution in [1.29, 1.82) is 0 Å². The Morgan fingerprint density at radius 2 is 1.96 bits per heavy atom. The molecule has 0 saturated carbocycles. The van der Waals surface area contributed by atoms with Crippen molar-refractivity contribution < 1.29 is 9.72 Å². The second kappa shape index (κ2) is 7.10. The van der Waals surface area contributed by atoms with Gasteiger partial charge in [0.25, 0.3) is 5.91 Å². The van der Waals surface area contributed by atoms with E-state index in [9.17, 15) is 14.9 Å². The normalized spacial score (nSPS) is 10.4. The number of aromatic amines is 1. The summed E-state index contributed by atoms with van der Waals surface area (Å²) in [5.74, 6) is -1.12. The number of nitrogens with one attached hydrogen (secondary N) is 2. The molecule has 1 aromatic heterocycles. The van der Waals surface area contributed by atoms with Crippen LogP contribution in [0.5, 0.6) is 0 Å². The van der Waals surface area contributed by atoms with E-state index in [1.165, 1.54) is 0 Å². The van der Waals surface area contributed by atoms with Crippen LogP contribution in [0.25, 0.3) is 0 Å². The minimum absolute atomic E-state index is 0.216. The Labute approximate surface area is 137 Å². The fourth-order valence-corrected chi connectivity index (χ4v) is 2.36. The molecule has 2 rings (SSSR count). The predicted octanol–water partition coefficient (Wildman–Crippen LogP) is 3.07. The van der Waals surface area contributed by atoms with Crippen LogP contribution in [-0.4, -0.2) is 34.1 Å². The summed E-state index contributed by atoms with van der Waals surface area (Å²) in [7, 11) is 0. The van der Waals surface area contributed by atoms with Gasteiger partial charge in [-0.05, 0) is 43.0 Å². The van der Waals surface area contributed by atoms with Crippen LogP contribution < -0.4 is 10.2 Å². The molecule has 1 aromatic carbocycles. The maximum Gasteiger partial charge on any atom is 0.362 e. The second-order valence-corrected chi connectivity index (χ2v) is 5.04. The molecule has 2 N–H and O–H groups in total. The SMILES string of the molecule is CCN(CC)c1ccc(NC(=O)c2n[nH]c([N+](=O)[O-])c2Cl)cc1. The van der Waals surface area contributed by atoms with Gasteiger partial charge in [0.15, 0.2) is 10.7 Å². The average molecular weight is 338 g/mol. The van der Waals surface area contributed by atoms with Gasteiger partial charge in [-0.15, -0.1) is 5.10 Å². The summed E-state index contributed by atoms with van der Waals surface area (Å²) < 4.78 is 0. The fourth-order valence-electron chi connectivity index (χ4n) is 2.13. The number of nitro groups is 1. The molecule has 0 aliphatic heterocycles. The van der Waals surface area contributed by atoms with Gasteiger partial charge in [0, 0.05) is 24.5 Å². The fraction of sp³-hybridized carbons (Fsp3) is 0.286. The van der Waals surface area contributed by atoms with Crippen LogP contribution in [0.3, 0.4) is 0 Å². The summed E-state index contributed by atoms with van der Waals surface area (Å²) in [5, 5.41) is 18.7. The number of carbonyl (C=O) groups excluding carboxylic acids is 1. The molecule has 122 valence electrons. The van der Waals surface area contributed by atoms with Crippen molar-refractivity contribution in [3.63, 3.8) is 0 Å². The van der Waals surface area contributed by atoms with E-state index in [4.69, 9.17) is 11.6 Å². The molecule has 0 unspecified atom stereocenters. The molecule has 0 atom stereocenters. The monoisotopic (exact) mass is 337 g/mol. The van der Waals surface area contributed by atoms with Crippen molar-refractivity contribution in [2.75, 3.05) is 23.3 Å². The zero-order valence-electron chi connectivity index (χ0n) is 12.7.